The number of piperidine rings is 1. The van der Waals surface area contributed by atoms with Crippen LogP contribution in [0.15, 0.2) is 47.1 Å². The highest BCUT2D eigenvalue weighted by molar-refractivity contribution is 5.94. The summed E-state index contributed by atoms with van der Waals surface area (Å²) in [4.78, 5) is 16.9. The first kappa shape index (κ1) is 16.7. The number of likely N-dealkylation sites (tertiary alicyclic amines) is 1. The van der Waals surface area contributed by atoms with Gasteiger partial charge in [0, 0.05) is 32.7 Å². The summed E-state index contributed by atoms with van der Waals surface area (Å²) in [6, 6.07) is 12.5. The standard InChI is InChI=1S/C19H25N3O2/c1-21(19(23)16-11-18(12-20)24-14-16)17-7-9-22(10-8-17)13-15-5-3-2-4-6-15/h2-6,11,14,17H,7-10,12-13,20H2,1H3. The Balaban J connectivity index is 1.53. The molecule has 0 bridgehead atoms. The van der Waals surface area contributed by atoms with Gasteiger partial charge in [-0.15, -0.1) is 0 Å². The number of nitrogens with zero attached hydrogens (tertiary/aromatic N) is 2. The molecule has 24 heavy (non-hydrogen) atoms. The van der Waals surface area contributed by atoms with Crippen molar-refractivity contribution in [3.05, 3.63) is 59.5 Å². The zero-order valence-electron chi connectivity index (χ0n) is 14.1. The van der Waals surface area contributed by atoms with Crippen LogP contribution in [0.3, 0.4) is 0 Å². The molecule has 5 heteroatoms. The fourth-order valence-corrected chi connectivity index (χ4v) is 3.28. The van der Waals surface area contributed by atoms with E-state index < -0.39 is 0 Å². The van der Waals surface area contributed by atoms with E-state index in [4.69, 9.17) is 10.2 Å². The molecule has 0 unspecified atom stereocenters. The summed E-state index contributed by atoms with van der Waals surface area (Å²) in [5.41, 5.74) is 7.47. The minimum atomic E-state index is 0.0139. The number of carbonyl (C=O) groups is 1. The van der Waals surface area contributed by atoms with Gasteiger partial charge in [0.2, 0.25) is 0 Å². The van der Waals surface area contributed by atoms with Crippen molar-refractivity contribution in [1.82, 2.24) is 9.80 Å². The summed E-state index contributed by atoms with van der Waals surface area (Å²) in [5, 5.41) is 0. The molecule has 1 aliphatic rings. The van der Waals surface area contributed by atoms with Gasteiger partial charge in [0.1, 0.15) is 12.0 Å². The highest BCUT2D eigenvalue weighted by atomic mass is 16.3. The van der Waals surface area contributed by atoms with Gasteiger partial charge in [-0.05, 0) is 24.5 Å². The van der Waals surface area contributed by atoms with Crippen LogP contribution in [-0.4, -0.2) is 41.9 Å². The fourth-order valence-electron chi connectivity index (χ4n) is 3.28. The molecule has 1 aromatic heterocycles. The number of hydrogen-bond acceptors (Lipinski definition) is 4. The number of rotatable bonds is 5. The third-order valence-corrected chi connectivity index (χ3v) is 4.78. The van der Waals surface area contributed by atoms with Gasteiger partial charge in [-0.3, -0.25) is 9.69 Å². The molecule has 0 saturated carbocycles. The summed E-state index contributed by atoms with van der Waals surface area (Å²) in [7, 11) is 1.88. The Morgan fingerprint density at radius 1 is 1.29 bits per heavy atom. The molecule has 1 saturated heterocycles. The lowest BCUT2D eigenvalue weighted by Gasteiger charge is -2.36. The second kappa shape index (κ2) is 7.64. The van der Waals surface area contributed by atoms with Gasteiger partial charge in [0.05, 0.1) is 12.1 Å². The van der Waals surface area contributed by atoms with Crippen molar-refractivity contribution in [3.63, 3.8) is 0 Å². The van der Waals surface area contributed by atoms with Crippen molar-refractivity contribution in [2.75, 3.05) is 20.1 Å². The zero-order valence-corrected chi connectivity index (χ0v) is 14.1. The van der Waals surface area contributed by atoms with Crippen molar-refractivity contribution in [2.45, 2.75) is 32.0 Å². The summed E-state index contributed by atoms with van der Waals surface area (Å²) >= 11 is 0. The van der Waals surface area contributed by atoms with Crippen LogP contribution in [0, 0.1) is 0 Å². The number of benzene rings is 1. The molecule has 2 N–H and O–H groups in total. The molecule has 3 rings (SSSR count). The zero-order chi connectivity index (χ0) is 16.9. The van der Waals surface area contributed by atoms with Gasteiger partial charge in [0.15, 0.2) is 0 Å². The molecule has 1 aromatic carbocycles. The first-order chi connectivity index (χ1) is 11.7. The molecule has 2 heterocycles. The van der Waals surface area contributed by atoms with E-state index in [-0.39, 0.29) is 11.9 Å². The summed E-state index contributed by atoms with van der Waals surface area (Å²) < 4.78 is 5.28. The average Bonchev–Trinajstić information content (AvgIpc) is 3.11. The molecule has 2 aromatic rings. The van der Waals surface area contributed by atoms with E-state index in [1.54, 1.807) is 6.07 Å². The molecule has 0 spiro atoms. The second-order valence-electron chi connectivity index (χ2n) is 6.41. The van der Waals surface area contributed by atoms with Gasteiger partial charge < -0.3 is 15.1 Å². The Labute approximate surface area is 143 Å². The quantitative estimate of drug-likeness (QED) is 0.916. The predicted octanol–water partition coefficient (Wildman–Crippen LogP) is 2.47. The molecule has 1 fully saturated rings. The lowest BCUT2D eigenvalue weighted by molar-refractivity contribution is 0.0635. The van der Waals surface area contributed by atoms with Crippen molar-refractivity contribution >= 4 is 5.91 Å². The second-order valence-corrected chi connectivity index (χ2v) is 6.41. The Kier molecular flexibility index (Phi) is 5.33. The van der Waals surface area contributed by atoms with Crippen molar-refractivity contribution in [2.24, 2.45) is 5.73 Å². The van der Waals surface area contributed by atoms with Crippen LogP contribution in [0.1, 0.15) is 34.5 Å². The fraction of sp³-hybridized carbons (Fsp3) is 0.421. The monoisotopic (exact) mass is 327 g/mol. The lowest BCUT2D eigenvalue weighted by Crippen LogP contribution is -2.45. The van der Waals surface area contributed by atoms with Crippen molar-refractivity contribution in [3.8, 4) is 0 Å². The Morgan fingerprint density at radius 3 is 2.62 bits per heavy atom. The van der Waals surface area contributed by atoms with Crippen LogP contribution in [0.4, 0.5) is 0 Å². The van der Waals surface area contributed by atoms with Crippen molar-refractivity contribution in [1.29, 1.82) is 0 Å². The van der Waals surface area contributed by atoms with Crippen LogP contribution in [0.25, 0.3) is 0 Å². The van der Waals surface area contributed by atoms with Gasteiger partial charge in [-0.25, -0.2) is 0 Å². The third-order valence-electron chi connectivity index (χ3n) is 4.78. The normalized spacial score (nSPS) is 16.2. The highest BCUT2D eigenvalue weighted by Gasteiger charge is 2.26. The number of carbonyl (C=O) groups excluding carboxylic acids is 1. The Hall–Kier alpha value is -2.11. The first-order valence-corrected chi connectivity index (χ1v) is 8.48. The molecule has 0 radical (unpaired) electrons. The van der Waals surface area contributed by atoms with Crippen molar-refractivity contribution < 1.29 is 9.21 Å². The summed E-state index contributed by atoms with van der Waals surface area (Å²) in [6.45, 7) is 3.31. The van der Waals surface area contributed by atoms with Crippen LogP contribution < -0.4 is 5.73 Å². The smallest absolute Gasteiger partial charge is 0.257 e. The SMILES string of the molecule is CN(C(=O)c1coc(CN)c1)C1CCN(Cc2ccccc2)CC1. The third kappa shape index (κ3) is 3.86. The predicted molar refractivity (Wildman–Crippen MR) is 93.4 cm³/mol. The molecule has 128 valence electrons. The molecule has 1 amide bonds. The minimum absolute atomic E-state index is 0.0139. The van der Waals surface area contributed by atoms with Gasteiger partial charge in [0.25, 0.3) is 5.91 Å². The molecule has 5 nitrogen and oxygen atoms in total. The molecular weight excluding hydrogens is 302 g/mol. The highest BCUT2D eigenvalue weighted by Crippen LogP contribution is 2.20. The van der Waals surface area contributed by atoms with Gasteiger partial charge in [-0.2, -0.15) is 0 Å². The first-order valence-electron chi connectivity index (χ1n) is 8.48. The van der Waals surface area contributed by atoms with Crippen LogP contribution in [0.2, 0.25) is 0 Å². The van der Waals surface area contributed by atoms with Crippen LogP contribution in [0.5, 0.6) is 0 Å². The topological polar surface area (TPSA) is 62.7 Å². The van der Waals surface area contributed by atoms with Crippen LogP contribution >= 0.6 is 0 Å². The Bertz CT molecular complexity index is 660. The number of furan rings is 1. The number of hydrogen-bond donors (Lipinski definition) is 1. The summed E-state index contributed by atoms with van der Waals surface area (Å²) in [5.74, 6) is 0.657. The maximum Gasteiger partial charge on any atom is 0.257 e. The van der Waals surface area contributed by atoms with Gasteiger partial charge in [-0.1, -0.05) is 30.3 Å². The van der Waals surface area contributed by atoms with E-state index in [0.717, 1.165) is 32.5 Å². The van der Waals surface area contributed by atoms with Gasteiger partial charge >= 0.3 is 0 Å². The maximum absolute atomic E-state index is 12.6. The van der Waals surface area contributed by atoms with E-state index in [2.05, 4.69) is 29.2 Å². The van der Waals surface area contributed by atoms with Crippen LogP contribution in [-0.2, 0) is 13.1 Å². The average molecular weight is 327 g/mol. The van der Waals surface area contributed by atoms with E-state index in [1.807, 2.05) is 18.0 Å². The number of amides is 1. The largest absolute Gasteiger partial charge is 0.467 e. The molecule has 1 aliphatic heterocycles. The lowest BCUT2D eigenvalue weighted by atomic mass is 10.0. The maximum atomic E-state index is 12.6. The van der Waals surface area contributed by atoms with E-state index >= 15 is 0 Å². The van der Waals surface area contributed by atoms with E-state index in [1.165, 1.54) is 11.8 Å². The van der Waals surface area contributed by atoms with E-state index in [9.17, 15) is 4.79 Å². The Morgan fingerprint density at radius 2 is 2.00 bits per heavy atom. The van der Waals surface area contributed by atoms with E-state index in [0.29, 0.717) is 17.9 Å². The minimum Gasteiger partial charge on any atom is -0.467 e. The molecular formula is C19H25N3O2. The molecule has 0 aliphatic carbocycles. The summed E-state index contributed by atoms with van der Waals surface area (Å²) in [6.07, 6.45) is 3.50. The molecule has 0 atom stereocenters. The number of nitrogens with two attached hydrogens (primary N) is 1.